The van der Waals surface area contributed by atoms with Gasteiger partial charge in [-0.2, -0.15) is 0 Å². The maximum Gasteiger partial charge on any atom is 0.408 e. The Kier molecular flexibility index (Phi) is 8.27. The van der Waals surface area contributed by atoms with Crippen LogP contribution >= 0.6 is 11.3 Å². The van der Waals surface area contributed by atoms with E-state index in [9.17, 15) is 9.59 Å². The monoisotopic (exact) mass is 457 g/mol. The molecule has 0 saturated carbocycles. The van der Waals surface area contributed by atoms with Crippen molar-refractivity contribution in [3.8, 4) is 0 Å². The number of alkyl carbamates (subject to hydrolysis) is 1. The average Bonchev–Trinajstić information content (AvgIpc) is 3.41. The van der Waals surface area contributed by atoms with Gasteiger partial charge in [0.05, 0.1) is 17.5 Å². The zero-order valence-corrected chi connectivity index (χ0v) is 19.9. The fraction of sp³-hybridized carbons (Fsp3) is 0.458. The van der Waals surface area contributed by atoms with Crippen molar-refractivity contribution in [1.29, 1.82) is 0 Å². The molecule has 32 heavy (non-hydrogen) atoms. The van der Waals surface area contributed by atoms with E-state index in [1.807, 2.05) is 34.5 Å². The maximum atomic E-state index is 13.4. The van der Waals surface area contributed by atoms with Crippen LogP contribution in [0, 0.1) is 11.8 Å². The SMILES string of the molecule is CC(C)CN(CC(C)C)C(=O)[C@H](Cc1cscn1)NC(=O)OCc1ccc2occc2c1. The van der Waals surface area contributed by atoms with E-state index in [4.69, 9.17) is 9.15 Å². The molecule has 1 N–H and O–H groups in total. The Balaban J connectivity index is 1.67. The Hall–Kier alpha value is -2.87. The molecule has 3 aromatic rings. The highest BCUT2D eigenvalue weighted by Gasteiger charge is 2.28. The van der Waals surface area contributed by atoms with Crippen LogP contribution < -0.4 is 5.32 Å². The lowest BCUT2D eigenvalue weighted by atomic mass is 10.1. The fourth-order valence-corrected chi connectivity index (χ4v) is 4.11. The summed E-state index contributed by atoms with van der Waals surface area (Å²) in [5, 5.41) is 5.62. The number of fused-ring (bicyclic) bond motifs is 1. The molecule has 2 aromatic heterocycles. The zero-order valence-electron chi connectivity index (χ0n) is 19.0. The molecule has 2 heterocycles. The lowest BCUT2D eigenvalue weighted by Gasteiger charge is -2.30. The molecule has 0 fully saturated rings. The Morgan fingerprint density at radius 2 is 1.91 bits per heavy atom. The zero-order chi connectivity index (χ0) is 23.1. The number of amides is 2. The highest BCUT2D eigenvalue weighted by Crippen LogP contribution is 2.17. The summed E-state index contributed by atoms with van der Waals surface area (Å²) in [5.41, 5.74) is 4.12. The molecule has 0 bridgehead atoms. The first kappa shape index (κ1) is 23.8. The summed E-state index contributed by atoms with van der Waals surface area (Å²) in [6, 6.07) is 6.73. The number of ether oxygens (including phenoxy) is 1. The topological polar surface area (TPSA) is 84.7 Å². The third-order valence-corrected chi connectivity index (χ3v) is 5.49. The van der Waals surface area contributed by atoms with Gasteiger partial charge in [0.1, 0.15) is 18.2 Å². The van der Waals surface area contributed by atoms with Gasteiger partial charge in [-0.1, -0.05) is 33.8 Å². The highest BCUT2D eigenvalue weighted by atomic mass is 32.1. The molecule has 1 atom stereocenters. The third kappa shape index (κ3) is 6.82. The number of hydrogen-bond acceptors (Lipinski definition) is 6. The van der Waals surface area contributed by atoms with Crippen LogP contribution in [-0.2, 0) is 22.6 Å². The third-order valence-electron chi connectivity index (χ3n) is 4.86. The smallest absolute Gasteiger partial charge is 0.408 e. The van der Waals surface area contributed by atoms with Crippen molar-refractivity contribution in [3.05, 3.63) is 52.7 Å². The van der Waals surface area contributed by atoms with Gasteiger partial charge in [-0.15, -0.1) is 11.3 Å². The van der Waals surface area contributed by atoms with E-state index < -0.39 is 12.1 Å². The van der Waals surface area contributed by atoms with Crippen LogP contribution in [0.2, 0.25) is 0 Å². The summed E-state index contributed by atoms with van der Waals surface area (Å²) in [4.78, 5) is 32.1. The van der Waals surface area contributed by atoms with Gasteiger partial charge in [-0.3, -0.25) is 4.79 Å². The molecule has 0 aliphatic rings. The largest absolute Gasteiger partial charge is 0.464 e. The molecule has 0 unspecified atom stereocenters. The quantitative estimate of drug-likeness (QED) is 0.470. The number of benzene rings is 1. The van der Waals surface area contributed by atoms with Gasteiger partial charge >= 0.3 is 6.09 Å². The molecule has 0 aliphatic heterocycles. The van der Waals surface area contributed by atoms with Crippen LogP contribution in [0.4, 0.5) is 4.79 Å². The number of aromatic nitrogens is 1. The second-order valence-corrected chi connectivity index (χ2v) is 9.50. The molecule has 7 nitrogen and oxygen atoms in total. The van der Waals surface area contributed by atoms with E-state index in [2.05, 4.69) is 38.0 Å². The molecule has 3 rings (SSSR count). The van der Waals surface area contributed by atoms with E-state index in [1.54, 1.807) is 11.8 Å². The van der Waals surface area contributed by atoms with Crippen molar-refractivity contribution in [3.63, 3.8) is 0 Å². The van der Waals surface area contributed by atoms with Gasteiger partial charge < -0.3 is 19.4 Å². The Morgan fingerprint density at radius 3 is 2.56 bits per heavy atom. The van der Waals surface area contributed by atoms with Crippen LogP contribution in [0.25, 0.3) is 11.0 Å². The van der Waals surface area contributed by atoms with Crippen molar-refractivity contribution < 1.29 is 18.7 Å². The molecular formula is C24H31N3O4S. The molecule has 2 amide bonds. The normalized spacial score (nSPS) is 12.3. The van der Waals surface area contributed by atoms with Gasteiger partial charge in [0.15, 0.2) is 0 Å². The van der Waals surface area contributed by atoms with Crippen LogP contribution in [0.5, 0.6) is 0 Å². The second kappa shape index (κ2) is 11.1. The van der Waals surface area contributed by atoms with Gasteiger partial charge in [0.25, 0.3) is 0 Å². The lowest BCUT2D eigenvalue weighted by molar-refractivity contribution is -0.134. The van der Waals surface area contributed by atoms with E-state index >= 15 is 0 Å². The molecule has 0 saturated heterocycles. The standard InChI is InChI=1S/C24H31N3O4S/c1-16(2)11-27(12-17(3)4)23(28)21(10-20-14-32-15-25-20)26-24(29)31-13-18-5-6-22-19(9-18)7-8-30-22/h5-9,14-17,21H,10-13H2,1-4H3,(H,26,29)/t21-/m0/s1. The predicted octanol–water partition coefficient (Wildman–Crippen LogP) is 4.87. The Morgan fingerprint density at radius 1 is 1.16 bits per heavy atom. The summed E-state index contributed by atoms with van der Waals surface area (Å²) in [6.45, 7) is 9.68. The minimum Gasteiger partial charge on any atom is -0.464 e. The number of carbonyl (C=O) groups is 2. The number of nitrogens with one attached hydrogen (secondary N) is 1. The summed E-state index contributed by atoms with van der Waals surface area (Å²) < 4.78 is 10.8. The second-order valence-electron chi connectivity index (χ2n) is 8.78. The van der Waals surface area contributed by atoms with Crippen molar-refractivity contribution in [2.45, 2.75) is 46.8 Å². The number of nitrogens with zero attached hydrogens (tertiary/aromatic N) is 2. The number of thiazole rings is 1. The van der Waals surface area contributed by atoms with Crippen molar-refractivity contribution >= 4 is 34.3 Å². The van der Waals surface area contributed by atoms with Crippen LogP contribution in [0.15, 0.2) is 45.8 Å². The average molecular weight is 458 g/mol. The summed E-state index contributed by atoms with van der Waals surface area (Å²) >= 11 is 1.46. The van der Waals surface area contributed by atoms with Crippen molar-refractivity contribution in [2.75, 3.05) is 13.1 Å². The highest BCUT2D eigenvalue weighted by molar-refractivity contribution is 7.07. The first-order valence-corrected chi connectivity index (χ1v) is 11.8. The summed E-state index contributed by atoms with van der Waals surface area (Å²) in [5.74, 6) is 0.530. The van der Waals surface area contributed by atoms with Crippen LogP contribution in [0.1, 0.15) is 39.0 Å². The van der Waals surface area contributed by atoms with Gasteiger partial charge in [0.2, 0.25) is 5.91 Å². The molecule has 0 aliphatic carbocycles. The molecule has 1 aromatic carbocycles. The lowest BCUT2D eigenvalue weighted by Crippen LogP contribution is -2.51. The molecule has 8 heteroatoms. The fourth-order valence-electron chi connectivity index (χ4n) is 3.54. The Labute approximate surface area is 192 Å². The van der Waals surface area contributed by atoms with Gasteiger partial charge in [-0.05, 0) is 35.6 Å². The summed E-state index contributed by atoms with van der Waals surface area (Å²) in [6.07, 6.45) is 1.32. The van der Waals surface area contributed by atoms with Gasteiger partial charge in [0, 0.05) is 30.3 Å². The van der Waals surface area contributed by atoms with Crippen LogP contribution in [0.3, 0.4) is 0 Å². The summed E-state index contributed by atoms with van der Waals surface area (Å²) in [7, 11) is 0. The van der Waals surface area contributed by atoms with E-state index in [-0.39, 0.29) is 12.5 Å². The minimum absolute atomic E-state index is 0.103. The van der Waals surface area contributed by atoms with Crippen molar-refractivity contribution in [1.82, 2.24) is 15.2 Å². The first-order valence-electron chi connectivity index (χ1n) is 10.9. The maximum absolute atomic E-state index is 13.4. The predicted molar refractivity (Wildman–Crippen MR) is 125 cm³/mol. The molecule has 0 radical (unpaired) electrons. The van der Waals surface area contributed by atoms with E-state index in [0.29, 0.717) is 31.3 Å². The molecule has 172 valence electrons. The van der Waals surface area contributed by atoms with Gasteiger partial charge in [-0.25, -0.2) is 9.78 Å². The minimum atomic E-state index is -0.738. The van der Waals surface area contributed by atoms with E-state index in [0.717, 1.165) is 22.2 Å². The van der Waals surface area contributed by atoms with E-state index in [1.165, 1.54) is 11.3 Å². The Bertz CT molecular complexity index is 1000. The first-order chi connectivity index (χ1) is 15.3. The van der Waals surface area contributed by atoms with Crippen molar-refractivity contribution in [2.24, 2.45) is 11.8 Å². The number of furan rings is 1. The molecular weight excluding hydrogens is 426 g/mol. The molecule has 0 spiro atoms. The van der Waals surface area contributed by atoms with Crippen LogP contribution in [-0.4, -0.2) is 41.0 Å². The number of rotatable bonds is 10. The number of hydrogen-bond donors (Lipinski definition) is 1. The number of carbonyl (C=O) groups excluding carboxylic acids is 2.